The molecule has 94 valence electrons. The van der Waals surface area contributed by atoms with Gasteiger partial charge in [0.25, 0.3) is 0 Å². The highest BCUT2D eigenvalue weighted by molar-refractivity contribution is 8.14. The van der Waals surface area contributed by atoms with Crippen LogP contribution in [0.5, 0.6) is 0 Å². The highest BCUT2D eigenvalue weighted by atomic mass is 32.2. The van der Waals surface area contributed by atoms with Crippen molar-refractivity contribution in [1.29, 1.82) is 0 Å². The number of aliphatic imine (C=N–C) groups is 1. The Morgan fingerprint density at radius 3 is 2.88 bits per heavy atom. The Morgan fingerprint density at radius 1 is 1.62 bits per heavy atom. The third-order valence-corrected chi connectivity index (χ3v) is 4.54. The summed E-state index contributed by atoms with van der Waals surface area (Å²) in [5, 5.41) is 4.62. The van der Waals surface area contributed by atoms with Crippen molar-refractivity contribution in [3.8, 4) is 0 Å². The van der Waals surface area contributed by atoms with Crippen LogP contribution >= 0.6 is 11.8 Å². The van der Waals surface area contributed by atoms with Gasteiger partial charge in [-0.1, -0.05) is 25.1 Å². The van der Waals surface area contributed by atoms with Crippen LogP contribution in [0.2, 0.25) is 0 Å². The fraction of sp³-hybridized carbons (Fsp3) is 0.900. The predicted octanol–water partition coefficient (Wildman–Crippen LogP) is 1.28. The molecule has 1 aliphatic heterocycles. The summed E-state index contributed by atoms with van der Waals surface area (Å²) in [6.07, 6.45) is 3.59. The zero-order chi connectivity index (χ0) is 12.2. The van der Waals surface area contributed by atoms with Gasteiger partial charge in [0.2, 0.25) is 0 Å². The lowest BCUT2D eigenvalue weighted by molar-refractivity contribution is 0.591. The minimum atomic E-state index is -2.92. The molecule has 1 aliphatic rings. The van der Waals surface area contributed by atoms with Gasteiger partial charge in [0, 0.05) is 17.5 Å². The molecule has 0 spiro atoms. The smallest absolute Gasteiger partial charge is 0.157 e. The van der Waals surface area contributed by atoms with Crippen LogP contribution in [-0.4, -0.2) is 43.4 Å². The van der Waals surface area contributed by atoms with E-state index in [0.29, 0.717) is 5.25 Å². The van der Waals surface area contributed by atoms with Gasteiger partial charge in [0.05, 0.1) is 12.3 Å². The van der Waals surface area contributed by atoms with Gasteiger partial charge < -0.3 is 5.32 Å². The van der Waals surface area contributed by atoms with E-state index in [2.05, 4.69) is 17.2 Å². The van der Waals surface area contributed by atoms with Gasteiger partial charge in [-0.25, -0.2) is 8.42 Å². The van der Waals surface area contributed by atoms with Gasteiger partial charge in [0.1, 0.15) is 9.84 Å². The van der Waals surface area contributed by atoms with Gasteiger partial charge in [0.15, 0.2) is 5.17 Å². The summed E-state index contributed by atoms with van der Waals surface area (Å²) in [7, 11) is -2.92. The number of hydrogen-bond donors (Lipinski definition) is 1. The average molecular weight is 264 g/mol. The molecule has 0 radical (unpaired) electrons. The van der Waals surface area contributed by atoms with E-state index < -0.39 is 9.84 Å². The molecule has 16 heavy (non-hydrogen) atoms. The molecule has 0 saturated carbocycles. The number of nitrogens with one attached hydrogen (secondary N) is 1. The van der Waals surface area contributed by atoms with Crippen LogP contribution in [0.3, 0.4) is 0 Å². The lowest BCUT2D eigenvalue weighted by Crippen LogP contribution is -2.35. The molecular weight excluding hydrogens is 244 g/mol. The quantitative estimate of drug-likeness (QED) is 0.812. The third kappa shape index (κ3) is 5.21. The van der Waals surface area contributed by atoms with Crippen LogP contribution in [-0.2, 0) is 9.84 Å². The Kier molecular flexibility index (Phi) is 5.11. The molecule has 6 heteroatoms. The highest BCUT2D eigenvalue weighted by Gasteiger charge is 2.20. The van der Waals surface area contributed by atoms with E-state index in [-0.39, 0.29) is 11.8 Å². The molecule has 2 unspecified atom stereocenters. The molecule has 0 aromatic carbocycles. The maximum atomic E-state index is 11.1. The molecule has 0 aliphatic carbocycles. The van der Waals surface area contributed by atoms with Gasteiger partial charge in [-0.05, 0) is 13.3 Å². The summed E-state index contributed by atoms with van der Waals surface area (Å²) in [5.41, 5.74) is 0. The van der Waals surface area contributed by atoms with Crippen LogP contribution in [0.1, 0.15) is 26.7 Å². The fourth-order valence-corrected chi connectivity index (χ4v) is 3.90. The van der Waals surface area contributed by atoms with E-state index in [9.17, 15) is 8.42 Å². The Hall–Kier alpha value is -0.230. The van der Waals surface area contributed by atoms with Crippen molar-refractivity contribution in [3.05, 3.63) is 0 Å². The van der Waals surface area contributed by atoms with E-state index >= 15 is 0 Å². The number of amidine groups is 1. The monoisotopic (exact) mass is 264 g/mol. The van der Waals surface area contributed by atoms with E-state index in [0.717, 1.165) is 11.7 Å². The number of sulfone groups is 1. The van der Waals surface area contributed by atoms with Crippen molar-refractivity contribution in [2.45, 2.75) is 38.0 Å². The molecule has 0 aromatic heterocycles. The lowest BCUT2D eigenvalue weighted by Gasteiger charge is -2.14. The van der Waals surface area contributed by atoms with Crippen LogP contribution in [0, 0.1) is 0 Å². The van der Waals surface area contributed by atoms with Crippen molar-refractivity contribution >= 4 is 26.8 Å². The minimum absolute atomic E-state index is 0.0679. The van der Waals surface area contributed by atoms with Gasteiger partial charge in [-0.15, -0.1) is 0 Å². The van der Waals surface area contributed by atoms with Crippen molar-refractivity contribution in [2.24, 2.45) is 4.99 Å². The Morgan fingerprint density at radius 2 is 2.31 bits per heavy atom. The number of thioether (sulfide) groups is 1. The Bertz CT molecular complexity index is 352. The van der Waals surface area contributed by atoms with Crippen LogP contribution in [0.25, 0.3) is 0 Å². The van der Waals surface area contributed by atoms with Crippen molar-refractivity contribution < 1.29 is 8.42 Å². The molecule has 0 bridgehead atoms. The summed E-state index contributed by atoms with van der Waals surface area (Å²) >= 11 is 1.73. The standard InChI is InChI=1S/C10H20N2O2S2/c1-4-5-9-6-11-10(15-9)12-8(2)7-16(3,13)14/h8-9H,4-7H2,1-3H3,(H,11,12). The largest absolute Gasteiger partial charge is 0.361 e. The van der Waals surface area contributed by atoms with Crippen LogP contribution < -0.4 is 5.32 Å². The zero-order valence-corrected chi connectivity index (χ0v) is 11.7. The van der Waals surface area contributed by atoms with Crippen LogP contribution in [0.4, 0.5) is 0 Å². The normalized spacial score (nSPS) is 22.9. The maximum absolute atomic E-state index is 11.1. The van der Waals surface area contributed by atoms with Gasteiger partial charge in [-0.2, -0.15) is 0 Å². The molecule has 2 atom stereocenters. The van der Waals surface area contributed by atoms with Crippen LogP contribution in [0.15, 0.2) is 4.99 Å². The van der Waals surface area contributed by atoms with E-state index in [1.54, 1.807) is 11.8 Å². The van der Waals surface area contributed by atoms with E-state index in [1.165, 1.54) is 19.1 Å². The summed E-state index contributed by atoms with van der Waals surface area (Å²) < 4.78 is 22.2. The first-order valence-corrected chi connectivity index (χ1v) is 8.50. The SMILES string of the molecule is CCCC1CN=C(NC(C)CS(C)(=O)=O)S1. The second-order valence-corrected chi connectivity index (χ2v) is 7.79. The van der Waals surface area contributed by atoms with Crippen molar-refractivity contribution in [1.82, 2.24) is 5.32 Å². The first-order valence-electron chi connectivity index (χ1n) is 5.56. The number of rotatable bonds is 5. The number of nitrogens with zero attached hydrogens (tertiary/aromatic N) is 1. The lowest BCUT2D eigenvalue weighted by atomic mass is 10.2. The molecule has 1 rings (SSSR count). The fourth-order valence-electron chi connectivity index (χ4n) is 1.68. The third-order valence-electron chi connectivity index (χ3n) is 2.25. The molecular formula is C10H20N2O2S2. The van der Waals surface area contributed by atoms with E-state index in [4.69, 9.17) is 0 Å². The molecule has 4 nitrogen and oxygen atoms in total. The van der Waals surface area contributed by atoms with Crippen molar-refractivity contribution in [2.75, 3.05) is 18.6 Å². The molecule has 1 heterocycles. The second kappa shape index (κ2) is 5.91. The van der Waals surface area contributed by atoms with Gasteiger partial charge >= 0.3 is 0 Å². The minimum Gasteiger partial charge on any atom is -0.361 e. The van der Waals surface area contributed by atoms with Crippen molar-refractivity contribution in [3.63, 3.8) is 0 Å². The summed E-state index contributed by atoms with van der Waals surface area (Å²) in [5.74, 6) is 0.158. The highest BCUT2D eigenvalue weighted by Crippen LogP contribution is 2.23. The molecule has 1 N–H and O–H groups in total. The second-order valence-electron chi connectivity index (χ2n) is 4.31. The van der Waals surface area contributed by atoms with Gasteiger partial charge in [-0.3, -0.25) is 4.99 Å². The molecule has 0 amide bonds. The Labute approximate surface area is 102 Å². The molecule has 0 saturated heterocycles. The molecule has 0 fully saturated rings. The summed E-state index contributed by atoms with van der Waals surface area (Å²) in [4.78, 5) is 4.38. The predicted molar refractivity (Wildman–Crippen MR) is 70.9 cm³/mol. The first kappa shape index (κ1) is 13.8. The number of hydrogen-bond acceptors (Lipinski definition) is 5. The molecule has 0 aromatic rings. The summed E-state index contributed by atoms with van der Waals surface area (Å²) in [6.45, 7) is 4.89. The maximum Gasteiger partial charge on any atom is 0.157 e. The summed E-state index contributed by atoms with van der Waals surface area (Å²) in [6, 6.07) is -0.0679. The van der Waals surface area contributed by atoms with E-state index in [1.807, 2.05) is 6.92 Å². The average Bonchev–Trinajstić information content (AvgIpc) is 2.49. The topological polar surface area (TPSA) is 58.5 Å². The zero-order valence-electron chi connectivity index (χ0n) is 10.1. The Balaban J connectivity index is 2.34. The first-order chi connectivity index (χ1) is 7.40.